The van der Waals surface area contributed by atoms with Crippen LogP contribution in [0.25, 0.3) is 0 Å². The fraction of sp³-hybridized carbons (Fsp3) is 0.917. The molecule has 0 aromatic rings. The molecule has 1 aliphatic rings. The average molecular weight is 307 g/mol. The summed E-state index contributed by atoms with van der Waals surface area (Å²) in [5.41, 5.74) is 0. The van der Waals surface area contributed by atoms with Crippen LogP contribution < -0.4 is 0 Å². The van der Waals surface area contributed by atoms with Crippen LogP contribution in [0, 0.1) is 5.92 Å². The first-order chi connectivity index (χ1) is 9.25. The second kappa shape index (κ2) is 7.35. The highest BCUT2D eigenvalue weighted by Crippen LogP contribution is 2.14. The zero-order valence-corrected chi connectivity index (χ0v) is 13.5. The highest BCUT2D eigenvalue weighted by atomic mass is 32.2. The number of nitrogens with zero attached hydrogens (tertiary/aromatic N) is 3. The summed E-state index contributed by atoms with van der Waals surface area (Å²) in [4.78, 5) is 15.8. The molecule has 0 N–H and O–H groups in total. The molecule has 1 saturated heterocycles. The lowest BCUT2D eigenvalue weighted by molar-refractivity contribution is -0.133. The van der Waals surface area contributed by atoms with Gasteiger partial charge in [-0.3, -0.25) is 9.69 Å². The molecule has 1 aliphatic heterocycles. The first-order valence-corrected chi connectivity index (χ1v) is 8.48. The molecule has 0 aliphatic carbocycles. The van der Waals surface area contributed by atoms with Gasteiger partial charge in [-0.1, -0.05) is 0 Å². The van der Waals surface area contributed by atoms with Crippen molar-refractivity contribution < 1.29 is 17.9 Å². The summed E-state index contributed by atoms with van der Waals surface area (Å²) in [6.45, 7) is 3.12. The Kier molecular flexibility index (Phi) is 6.38. The third-order valence-corrected chi connectivity index (χ3v) is 4.71. The Morgan fingerprint density at radius 1 is 1.30 bits per heavy atom. The monoisotopic (exact) mass is 307 g/mol. The van der Waals surface area contributed by atoms with Crippen LogP contribution in [0.15, 0.2) is 0 Å². The molecule has 118 valence electrons. The van der Waals surface area contributed by atoms with Gasteiger partial charge in [-0.25, -0.2) is 12.7 Å². The first-order valence-electron chi connectivity index (χ1n) is 6.63. The van der Waals surface area contributed by atoms with Crippen LogP contribution >= 0.6 is 0 Å². The van der Waals surface area contributed by atoms with Crippen LogP contribution in [-0.2, 0) is 19.6 Å². The van der Waals surface area contributed by atoms with E-state index in [-0.39, 0.29) is 18.4 Å². The largest absolute Gasteiger partial charge is 0.383 e. The van der Waals surface area contributed by atoms with Gasteiger partial charge in [-0.05, 0) is 0 Å². The van der Waals surface area contributed by atoms with Crippen molar-refractivity contribution >= 4 is 15.9 Å². The molecule has 0 spiro atoms. The number of ether oxygens (including phenoxy) is 1. The van der Waals surface area contributed by atoms with Crippen molar-refractivity contribution in [3.05, 3.63) is 0 Å². The number of carbonyl (C=O) groups excluding carboxylic acids is 1. The number of sulfonamides is 1. The molecule has 0 aromatic carbocycles. The molecule has 1 amide bonds. The molecule has 8 heteroatoms. The Bertz CT molecular complexity index is 424. The van der Waals surface area contributed by atoms with Crippen molar-refractivity contribution in [1.82, 2.24) is 14.1 Å². The predicted octanol–water partition coefficient (Wildman–Crippen LogP) is -1.09. The molecule has 0 radical (unpaired) electrons. The summed E-state index contributed by atoms with van der Waals surface area (Å²) in [7, 11) is 1.73. The molecule has 1 atom stereocenters. The summed E-state index contributed by atoms with van der Waals surface area (Å²) >= 11 is 0. The molecular weight excluding hydrogens is 282 g/mol. The van der Waals surface area contributed by atoms with Crippen molar-refractivity contribution in [2.45, 2.75) is 0 Å². The molecule has 1 rings (SSSR count). The molecule has 1 fully saturated rings. The van der Waals surface area contributed by atoms with Gasteiger partial charge in [0.05, 0.1) is 18.8 Å². The Morgan fingerprint density at radius 2 is 1.95 bits per heavy atom. The maximum absolute atomic E-state index is 12.2. The van der Waals surface area contributed by atoms with Gasteiger partial charge in [0.15, 0.2) is 0 Å². The van der Waals surface area contributed by atoms with Crippen LogP contribution in [0.5, 0.6) is 0 Å². The summed E-state index contributed by atoms with van der Waals surface area (Å²) in [5.74, 6) is -0.373. The van der Waals surface area contributed by atoms with Gasteiger partial charge < -0.3 is 9.64 Å². The smallest absolute Gasteiger partial charge is 0.227 e. The van der Waals surface area contributed by atoms with Gasteiger partial charge in [-0.15, -0.1) is 0 Å². The van der Waals surface area contributed by atoms with Gasteiger partial charge >= 0.3 is 0 Å². The molecule has 0 bridgehead atoms. The van der Waals surface area contributed by atoms with E-state index in [0.29, 0.717) is 32.8 Å². The molecule has 1 heterocycles. The fourth-order valence-electron chi connectivity index (χ4n) is 2.30. The van der Waals surface area contributed by atoms with E-state index in [1.807, 2.05) is 0 Å². The topological polar surface area (TPSA) is 70.2 Å². The van der Waals surface area contributed by atoms with E-state index in [0.717, 1.165) is 0 Å². The zero-order valence-electron chi connectivity index (χ0n) is 12.7. The Hall–Kier alpha value is -0.700. The second-order valence-corrected chi connectivity index (χ2v) is 7.33. The molecule has 0 aromatic heterocycles. The van der Waals surface area contributed by atoms with E-state index in [9.17, 15) is 13.2 Å². The standard InChI is InChI=1S/C12H25N3O4S/c1-13(2)12(16)11-9-14(7-8-19-3)5-6-15(10-11)20(4,17)18/h11H,5-10H2,1-4H3/t11-/m0/s1. The van der Waals surface area contributed by atoms with E-state index in [2.05, 4.69) is 4.90 Å². The van der Waals surface area contributed by atoms with Crippen LogP contribution in [0.2, 0.25) is 0 Å². The SMILES string of the molecule is COCCN1CCN(S(C)(=O)=O)C[C@@H](C(=O)N(C)C)C1. The maximum atomic E-state index is 12.2. The highest BCUT2D eigenvalue weighted by molar-refractivity contribution is 7.88. The summed E-state index contributed by atoms with van der Waals surface area (Å²) < 4.78 is 30.0. The summed E-state index contributed by atoms with van der Waals surface area (Å²) in [5, 5.41) is 0. The average Bonchev–Trinajstić information content (AvgIpc) is 2.57. The fourth-order valence-corrected chi connectivity index (χ4v) is 3.16. The van der Waals surface area contributed by atoms with E-state index < -0.39 is 10.0 Å². The lowest BCUT2D eigenvalue weighted by atomic mass is 10.1. The number of rotatable bonds is 5. The quantitative estimate of drug-likeness (QED) is 0.646. The Morgan fingerprint density at radius 3 is 2.45 bits per heavy atom. The van der Waals surface area contributed by atoms with Crippen molar-refractivity contribution in [2.24, 2.45) is 5.92 Å². The predicted molar refractivity (Wildman–Crippen MR) is 76.9 cm³/mol. The van der Waals surface area contributed by atoms with Crippen LogP contribution in [-0.4, -0.2) is 95.2 Å². The molecule has 0 unspecified atom stereocenters. The van der Waals surface area contributed by atoms with Crippen molar-refractivity contribution in [3.8, 4) is 0 Å². The van der Waals surface area contributed by atoms with Gasteiger partial charge in [0.25, 0.3) is 0 Å². The number of hydrogen-bond donors (Lipinski definition) is 0. The molecular formula is C12H25N3O4S. The van der Waals surface area contributed by atoms with E-state index in [1.54, 1.807) is 21.2 Å². The van der Waals surface area contributed by atoms with Crippen LogP contribution in [0.4, 0.5) is 0 Å². The normalized spacial score (nSPS) is 22.5. The molecule has 7 nitrogen and oxygen atoms in total. The van der Waals surface area contributed by atoms with Gasteiger partial charge in [-0.2, -0.15) is 0 Å². The van der Waals surface area contributed by atoms with Gasteiger partial charge in [0.2, 0.25) is 15.9 Å². The van der Waals surface area contributed by atoms with Crippen LogP contribution in [0.1, 0.15) is 0 Å². The molecule has 0 saturated carbocycles. The van der Waals surface area contributed by atoms with Crippen molar-refractivity contribution in [1.29, 1.82) is 0 Å². The van der Waals surface area contributed by atoms with E-state index in [1.165, 1.54) is 15.5 Å². The first kappa shape index (κ1) is 17.4. The number of amides is 1. The minimum Gasteiger partial charge on any atom is -0.383 e. The second-order valence-electron chi connectivity index (χ2n) is 5.34. The summed E-state index contributed by atoms with van der Waals surface area (Å²) in [6, 6.07) is 0. The summed E-state index contributed by atoms with van der Waals surface area (Å²) in [6.07, 6.45) is 1.19. The van der Waals surface area contributed by atoms with Gasteiger partial charge in [0, 0.05) is 53.9 Å². The number of hydrogen-bond acceptors (Lipinski definition) is 5. The van der Waals surface area contributed by atoms with Crippen molar-refractivity contribution in [2.75, 3.05) is 66.8 Å². The molecule has 20 heavy (non-hydrogen) atoms. The van der Waals surface area contributed by atoms with Crippen molar-refractivity contribution in [3.63, 3.8) is 0 Å². The Balaban J connectivity index is 2.85. The lowest BCUT2D eigenvalue weighted by Gasteiger charge is -2.25. The zero-order chi connectivity index (χ0) is 15.3. The van der Waals surface area contributed by atoms with Crippen LogP contribution in [0.3, 0.4) is 0 Å². The number of methoxy groups -OCH3 is 1. The Labute approximate surface area is 121 Å². The minimum absolute atomic E-state index is 0.0389. The minimum atomic E-state index is -3.28. The highest BCUT2D eigenvalue weighted by Gasteiger charge is 2.32. The van der Waals surface area contributed by atoms with Gasteiger partial charge in [0.1, 0.15) is 0 Å². The lowest BCUT2D eigenvalue weighted by Crippen LogP contribution is -2.42. The van der Waals surface area contributed by atoms with E-state index >= 15 is 0 Å². The third-order valence-electron chi connectivity index (χ3n) is 3.44. The third kappa shape index (κ3) is 5.01. The van der Waals surface area contributed by atoms with E-state index in [4.69, 9.17) is 4.74 Å². The number of carbonyl (C=O) groups is 1. The maximum Gasteiger partial charge on any atom is 0.227 e.